The van der Waals surface area contributed by atoms with Gasteiger partial charge in [0.05, 0.1) is 0 Å². The van der Waals surface area contributed by atoms with Crippen LogP contribution in [0.15, 0.2) is 42.1 Å². The van der Waals surface area contributed by atoms with E-state index in [9.17, 15) is 9.59 Å². The zero-order valence-corrected chi connectivity index (χ0v) is 16.9. The number of rotatable bonds is 4. The number of aryl methyl sites for hydroxylation is 2. The highest BCUT2D eigenvalue weighted by Gasteiger charge is 2.18. The minimum Gasteiger partial charge on any atom is -0.358 e. The van der Waals surface area contributed by atoms with E-state index in [2.05, 4.69) is 21.4 Å². The molecule has 2 amide bonds. The van der Waals surface area contributed by atoms with Crippen LogP contribution in [0.25, 0.3) is 17.0 Å². The Morgan fingerprint density at radius 2 is 2.07 bits per heavy atom. The summed E-state index contributed by atoms with van der Waals surface area (Å²) in [5.41, 5.74) is 5.81. The average molecular weight is 388 g/mol. The molecule has 4 rings (SSSR count). The number of anilines is 1. The number of hydrogen-bond acceptors (Lipinski definition) is 3. The summed E-state index contributed by atoms with van der Waals surface area (Å²) in [7, 11) is 1.82. The van der Waals surface area contributed by atoms with Crippen LogP contribution in [-0.2, 0) is 22.6 Å². The normalized spacial score (nSPS) is 13.9. The maximum absolute atomic E-state index is 12.9. The van der Waals surface area contributed by atoms with E-state index in [0.717, 1.165) is 33.3 Å². The van der Waals surface area contributed by atoms with Crippen molar-refractivity contribution in [1.82, 2.24) is 14.9 Å². The Bertz CT molecular complexity index is 1140. The van der Waals surface area contributed by atoms with E-state index < -0.39 is 0 Å². The van der Waals surface area contributed by atoms with Crippen molar-refractivity contribution in [2.45, 2.75) is 33.2 Å². The van der Waals surface area contributed by atoms with Gasteiger partial charge in [-0.25, -0.2) is 4.98 Å². The second-order valence-electron chi connectivity index (χ2n) is 7.59. The van der Waals surface area contributed by atoms with Crippen LogP contribution in [0.3, 0.4) is 0 Å². The van der Waals surface area contributed by atoms with Crippen LogP contribution < -0.4 is 5.32 Å². The molecule has 6 heteroatoms. The van der Waals surface area contributed by atoms with Gasteiger partial charge in [-0.3, -0.25) is 9.59 Å². The number of benzene rings is 1. The number of nitrogens with zero attached hydrogens (tertiary/aromatic N) is 2. The van der Waals surface area contributed by atoms with E-state index in [1.54, 1.807) is 11.1 Å². The quantitative estimate of drug-likeness (QED) is 0.667. The fourth-order valence-electron chi connectivity index (χ4n) is 3.81. The molecule has 29 heavy (non-hydrogen) atoms. The van der Waals surface area contributed by atoms with Gasteiger partial charge in [0.15, 0.2) is 0 Å². The van der Waals surface area contributed by atoms with Crippen LogP contribution in [-0.4, -0.2) is 33.7 Å². The molecule has 0 radical (unpaired) electrons. The Morgan fingerprint density at radius 1 is 1.28 bits per heavy atom. The first kappa shape index (κ1) is 18.9. The van der Waals surface area contributed by atoms with Gasteiger partial charge in [-0.05, 0) is 55.2 Å². The number of nitrogens with one attached hydrogen (secondary N) is 2. The summed E-state index contributed by atoms with van der Waals surface area (Å²) in [4.78, 5) is 33.8. The summed E-state index contributed by atoms with van der Waals surface area (Å²) >= 11 is 0. The number of likely N-dealkylation sites (N-methyl/N-ethyl adjacent to an activating group) is 1. The van der Waals surface area contributed by atoms with Crippen molar-refractivity contribution >= 4 is 34.6 Å². The summed E-state index contributed by atoms with van der Waals surface area (Å²) in [5, 5.41) is 3.92. The summed E-state index contributed by atoms with van der Waals surface area (Å²) in [5.74, 6) is 0.587. The number of H-pyrrole nitrogens is 1. The van der Waals surface area contributed by atoms with Gasteiger partial charge in [0, 0.05) is 48.4 Å². The number of para-hydroxylation sites is 1. The van der Waals surface area contributed by atoms with Crippen LogP contribution in [0.5, 0.6) is 0 Å². The van der Waals surface area contributed by atoms with Crippen LogP contribution in [0.2, 0.25) is 0 Å². The molecular weight excluding hydrogens is 364 g/mol. The monoisotopic (exact) mass is 388 g/mol. The number of carbonyl (C=O) groups is 2. The van der Waals surface area contributed by atoms with Crippen LogP contribution in [0, 0.1) is 6.92 Å². The lowest BCUT2D eigenvalue weighted by Crippen LogP contribution is -2.27. The maximum Gasteiger partial charge on any atom is 0.249 e. The average Bonchev–Trinajstić information content (AvgIpc) is 3.02. The molecule has 0 bridgehead atoms. The molecule has 1 aliphatic heterocycles. The molecule has 3 heterocycles. The van der Waals surface area contributed by atoms with Crippen molar-refractivity contribution in [1.29, 1.82) is 0 Å². The number of aromatic nitrogens is 2. The SMILES string of the molecule is C/C(=C\c1cnc2c(c1)CCC(=O)N2)C(=O)N(C)Cc1c(C)[nH]c2ccccc12. The predicted octanol–water partition coefficient (Wildman–Crippen LogP) is 3.82. The van der Waals surface area contributed by atoms with Crippen LogP contribution >= 0.6 is 0 Å². The topological polar surface area (TPSA) is 78.1 Å². The fourth-order valence-corrected chi connectivity index (χ4v) is 3.81. The maximum atomic E-state index is 12.9. The Kier molecular flexibility index (Phi) is 4.92. The molecule has 3 aromatic rings. The van der Waals surface area contributed by atoms with Gasteiger partial charge < -0.3 is 15.2 Å². The van der Waals surface area contributed by atoms with E-state index in [1.807, 2.05) is 51.2 Å². The van der Waals surface area contributed by atoms with Gasteiger partial charge in [-0.15, -0.1) is 0 Å². The van der Waals surface area contributed by atoms with Crippen molar-refractivity contribution in [3.8, 4) is 0 Å². The fraction of sp³-hybridized carbons (Fsp3) is 0.261. The zero-order chi connectivity index (χ0) is 20.5. The third-order valence-electron chi connectivity index (χ3n) is 5.36. The van der Waals surface area contributed by atoms with E-state index in [4.69, 9.17) is 0 Å². The summed E-state index contributed by atoms with van der Waals surface area (Å²) in [6.07, 6.45) is 4.67. The highest BCUT2D eigenvalue weighted by molar-refractivity contribution is 5.98. The molecule has 148 valence electrons. The number of amides is 2. The molecule has 1 aliphatic rings. The third kappa shape index (κ3) is 3.78. The Labute approximate surface area is 169 Å². The van der Waals surface area contributed by atoms with Gasteiger partial charge >= 0.3 is 0 Å². The molecule has 6 nitrogen and oxygen atoms in total. The first-order valence-electron chi connectivity index (χ1n) is 9.71. The molecule has 0 atom stereocenters. The molecule has 0 spiro atoms. The highest BCUT2D eigenvalue weighted by atomic mass is 16.2. The number of fused-ring (bicyclic) bond motifs is 2. The van der Waals surface area contributed by atoms with E-state index in [0.29, 0.717) is 30.8 Å². The first-order chi connectivity index (χ1) is 13.9. The highest BCUT2D eigenvalue weighted by Crippen LogP contribution is 2.24. The Balaban J connectivity index is 1.52. The second kappa shape index (κ2) is 7.54. The van der Waals surface area contributed by atoms with Crippen molar-refractivity contribution in [2.75, 3.05) is 12.4 Å². The lowest BCUT2D eigenvalue weighted by atomic mass is 10.0. The van der Waals surface area contributed by atoms with Crippen LogP contribution in [0.1, 0.15) is 35.7 Å². The lowest BCUT2D eigenvalue weighted by Gasteiger charge is -2.18. The van der Waals surface area contributed by atoms with Crippen molar-refractivity contribution in [3.05, 3.63) is 64.5 Å². The molecule has 0 aliphatic carbocycles. The summed E-state index contributed by atoms with van der Waals surface area (Å²) in [6, 6.07) is 10.1. The Hall–Kier alpha value is -3.41. The zero-order valence-electron chi connectivity index (χ0n) is 16.9. The van der Waals surface area contributed by atoms with Gasteiger partial charge in [-0.2, -0.15) is 0 Å². The summed E-state index contributed by atoms with van der Waals surface area (Å²) in [6.45, 7) is 4.39. The minimum absolute atomic E-state index is 0.00569. The largest absolute Gasteiger partial charge is 0.358 e. The van der Waals surface area contributed by atoms with Gasteiger partial charge in [0.2, 0.25) is 11.8 Å². The lowest BCUT2D eigenvalue weighted by molar-refractivity contribution is -0.126. The first-order valence-corrected chi connectivity index (χ1v) is 9.71. The van der Waals surface area contributed by atoms with E-state index in [1.165, 1.54) is 0 Å². The second-order valence-corrected chi connectivity index (χ2v) is 7.59. The number of aromatic amines is 1. The smallest absolute Gasteiger partial charge is 0.249 e. The summed E-state index contributed by atoms with van der Waals surface area (Å²) < 4.78 is 0. The third-order valence-corrected chi connectivity index (χ3v) is 5.36. The van der Waals surface area contributed by atoms with Gasteiger partial charge in [-0.1, -0.05) is 18.2 Å². The van der Waals surface area contributed by atoms with Gasteiger partial charge in [0.1, 0.15) is 5.82 Å². The molecule has 1 aromatic carbocycles. The van der Waals surface area contributed by atoms with E-state index >= 15 is 0 Å². The minimum atomic E-state index is -0.0271. The molecule has 0 saturated carbocycles. The number of carbonyl (C=O) groups excluding carboxylic acids is 2. The molecule has 0 unspecified atom stereocenters. The standard InChI is InChI=1S/C23H24N4O2/c1-14(10-16-11-17-8-9-21(28)26-22(17)24-12-16)23(29)27(3)13-19-15(2)25-20-7-5-4-6-18(19)20/h4-7,10-12,25H,8-9,13H2,1-3H3,(H,24,26,28)/b14-10+. The molecular formula is C23H24N4O2. The molecule has 2 aromatic heterocycles. The Morgan fingerprint density at radius 3 is 2.90 bits per heavy atom. The molecule has 0 fully saturated rings. The number of hydrogen-bond donors (Lipinski definition) is 2. The van der Waals surface area contributed by atoms with Gasteiger partial charge in [0.25, 0.3) is 0 Å². The molecule has 2 N–H and O–H groups in total. The van der Waals surface area contributed by atoms with Crippen LogP contribution in [0.4, 0.5) is 5.82 Å². The number of pyridine rings is 1. The van der Waals surface area contributed by atoms with Crippen molar-refractivity contribution in [3.63, 3.8) is 0 Å². The van der Waals surface area contributed by atoms with E-state index in [-0.39, 0.29) is 11.8 Å². The van der Waals surface area contributed by atoms with Crippen molar-refractivity contribution < 1.29 is 9.59 Å². The molecule has 0 saturated heterocycles. The predicted molar refractivity (Wildman–Crippen MR) is 114 cm³/mol. The van der Waals surface area contributed by atoms with Crippen molar-refractivity contribution in [2.24, 2.45) is 0 Å².